The molecule has 2 aromatic carbocycles. The molecular weight excluding hydrogens is 260 g/mol. The van der Waals surface area contributed by atoms with Gasteiger partial charge < -0.3 is 0 Å². The van der Waals surface area contributed by atoms with Gasteiger partial charge in [0.05, 0.1) is 0 Å². The Kier molecular flexibility index (Phi) is 3.58. The van der Waals surface area contributed by atoms with Gasteiger partial charge in [-0.3, -0.25) is 0 Å². The first kappa shape index (κ1) is 11.2. The minimum Gasteiger partial charge on any atom is -0.0616 e. The van der Waals surface area contributed by atoms with Crippen LogP contribution < -0.4 is 0 Å². The van der Waals surface area contributed by atoms with Gasteiger partial charge in [0.1, 0.15) is 0 Å². The Hall–Kier alpha value is -1.34. The van der Waals surface area contributed by atoms with Crippen molar-refractivity contribution in [3.05, 3.63) is 69.7 Å². The van der Waals surface area contributed by atoms with Gasteiger partial charge in [-0.1, -0.05) is 76.1 Å². The molecule has 0 nitrogen and oxygen atoms in total. The fraction of sp³-hybridized carbons (Fsp3) is 0.0667. The average molecular weight is 273 g/mol. The van der Waals surface area contributed by atoms with Crippen LogP contribution in [0.3, 0.4) is 0 Å². The maximum absolute atomic E-state index is 3.53. The molecule has 0 unspecified atom stereocenters. The second-order valence-corrected chi connectivity index (χ2v) is 4.62. The highest BCUT2D eigenvalue weighted by Gasteiger charge is 1.92. The summed E-state index contributed by atoms with van der Waals surface area (Å²) in [6.45, 7) is 2.10. The van der Waals surface area contributed by atoms with Crippen molar-refractivity contribution < 1.29 is 0 Å². The van der Waals surface area contributed by atoms with Crippen LogP contribution in [0.2, 0.25) is 0 Å². The molecule has 0 saturated carbocycles. The van der Waals surface area contributed by atoms with Crippen LogP contribution in [0, 0.1) is 6.92 Å². The average Bonchev–Trinajstić information content (AvgIpc) is 2.30. The van der Waals surface area contributed by atoms with Crippen molar-refractivity contribution in [1.82, 2.24) is 0 Å². The Labute approximate surface area is 105 Å². The summed E-state index contributed by atoms with van der Waals surface area (Å²) in [5, 5.41) is 0. The van der Waals surface area contributed by atoms with Crippen molar-refractivity contribution in [1.29, 1.82) is 0 Å². The molecule has 0 aliphatic heterocycles. The van der Waals surface area contributed by atoms with E-state index in [1.54, 1.807) is 0 Å². The van der Waals surface area contributed by atoms with E-state index in [1.807, 2.05) is 12.1 Å². The fourth-order valence-corrected chi connectivity index (χ4v) is 1.89. The molecule has 2 aromatic rings. The van der Waals surface area contributed by atoms with Gasteiger partial charge in [-0.15, -0.1) is 0 Å². The highest BCUT2D eigenvalue weighted by atomic mass is 79.9. The first-order valence-corrected chi connectivity index (χ1v) is 6.04. The summed E-state index contributed by atoms with van der Waals surface area (Å²) < 4.78 is 1.12. The van der Waals surface area contributed by atoms with E-state index in [9.17, 15) is 0 Å². The Morgan fingerprint density at radius 1 is 0.875 bits per heavy atom. The first-order chi connectivity index (χ1) is 7.75. The van der Waals surface area contributed by atoms with Crippen LogP contribution in [-0.2, 0) is 0 Å². The summed E-state index contributed by atoms with van der Waals surface area (Å²) in [5.41, 5.74) is 3.71. The molecule has 2 rings (SSSR count). The highest BCUT2D eigenvalue weighted by molar-refractivity contribution is 9.10. The van der Waals surface area contributed by atoms with Gasteiger partial charge in [-0.05, 0) is 24.1 Å². The molecule has 80 valence electrons. The van der Waals surface area contributed by atoms with Gasteiger partial charge in [0.15, 0.2) is 0 Å². The zero-order chi connectivity index (χ0) is 11.4. The molecule has 16 heavy (non-hydrogen) atoms. The van der Waals surface area contributed by atoms with Crippen LogP contribution in [0.1, 0.15) is 16.7 Å². The van der Waals surface area contributed by atoms with Gasteiger partial charge in [0.2, 0.25) is 0 Å². The van der Waals surface area contributed by atoms with Crippen molar-refractivity contribution in [3.8, 4) is 0 Å². The van der Waals surface area contributed by atoms with Crippen LogP contribution in [-0.4, -0.2) is 0 Å². The van der Waals surface area contributed by atoms with Crippen molar-refractivity contribution in [2.45, 2.75) is 6.92 Å². The van der Waals surface area contributed by atoms with Crippen molar-refractivity contribution in [3.63, 3.8) is 0 Å². The lowest BCUT2D eigenvalue weighted by molar-refractivity contribution is 1.46. The number of hydrogen-bond donors (Lipinski definition) is 0. The molecule has 0 saturated heterocycles. The van der Waals surface area contributed by atoms with E-state index < -0.39 is 0 Å². The number of hydrogen-bond acceptors (Lipinski definition) is 0. The Balaban J connectivity index is 2.21. The van der Waals surface area contributed by atoms with Gasteiger partial charge in [0, 0.05) is 4.47 Å². The predicted molar refractivity (Wildman–Crippen MR) is 74.2 cm³/mol. The molecule has 0 spiro atoms. The molecular formula is C15H13Br. The molecule has 1 heteroatoms. The largest absolute Gasteiger partial charge is 0.0616 e. The number of halogens is 1. The second kappa shape index (κ2) is 5.13. The molecule has 0 atom stereocenters. The smallest absolute Gasteiger partial charge is 0.0247 e. The minimum atomic E-state index is 1.12. The molecule has 0 aromatic heterocycles. The van der Waals surface area contributed by atoms with Gasteiger partial charge in [-0.25, -0.2) is 0 Å². The zero-order valence-corrected chi connectivity index (χ0v) is 10.7. The lowest BCUT2D eigenvalue weighted by Gasteiger charge is -1.98. The topological polar surface area (TPSA) is 0 Å². The molecule has 0 N–H and O–H groups in total. The highest BCUT2D eigenvalue weighted by Crippen LogP contribution is 2.18. The van der Waals surface area contributed by atoms with Crippen molar-refractivity contribution in [2.24, 2.45) is 0 Å². The third kappa shape index (κ3) is 2.83. The number of aryl methyl sites for hydroxylation is 1. The SMILES string of the molecule is Cc1ccc(/C=C/c2ccccc2Br)cc1. The fourth-order valence-electron chi connectivity index (χ4n) is 1.47. The van der Waals surface area contributed by atoms with Crippen LogP contribution in [0.15, 0.2) is 53.0 Å². The molecule has 0 amide bonds. The van der Waals surface area contributed by atoms with E-state index in [4.69, 9.17) is 0 Å². The Morgan fingerprint density at radius 3 is 2.25 bits per heavy atom. The van der Waals surface area contributed by atoms with Crippen molar-refractivity contribution >= 4 is 28.1 Å². The molecule has 0 radical (unpaired) electrons. The quantitative estimate of drug-likeness (QED) is 0.681. The lowest BCUT2D eigenvalue weighted by Crippen LogP contribution is -1.75. The predicted octanol–water partition coefficient (Wildman–Crippen LogP) is 4.93. The lowest BCUT2D eigenvalue weighted by atomic mass is 10.1. The monoisotopic (exact) mass is 272 g/mol. The van der Waals surface area contributed by atoms with E-state index in [-0.39, 0.29) is 0 Å². The van der Waals surface area contributed by atoms with Gasteiger partial charge in [0.25, 0.3) is 0 Å². The van der Waals surface area contributed by atoms with E-state index in [0.29, 0.717) is 0 Å². The van der Waals surface area contributed by atoms with Gasteiger partial charge >= 0.3 is 0 Å². The van der Waals surface area contributed by atoms with Gasteiger partial charge in [-0.2, -0.15) is 0 Å². The van der Waals surface area contributed by atoms with E-state index in [0.717, 1.165) is 4.47 Å². The zero-order valence-electron chi connectivity index (χ0n) is 9.15. The summed E-state index contributed by atoms with van der Waals surface area (Å²) in [5.74, 6) is 0. The second-order valence-electron chi connectivity index (χ2n) is 3.77. The van der Waals surface area contributed by atoms with Crippen LogP contribution in [0.4, 0.5) is 0 Å². The van der Waals surface area contributed by atoms with E-state index in [1.165, 1.54) is 16.7 Å². The van der Waals surface area contributed by atoms with Crippen LogP contribution in [0.5, 0.6) is 0 Å². The van der Waals surface area contributed by atoms with Crippen LogP contribution >= 0.6 is 15.9 Å². The minimum absolute atomic E-state index is 1.12. The third-order valence-electron chi connectivity index (χ3n) is 2.44. The first-order valence-electron chi connectivity index (χ1n) is 5.25. The summed E-state index contributed by atoms with van der Waals surface area (Å²) in [7, 11) is 0. The molecule has 0 heterocycles. The van der Waals surface area contributed by atoms with E-state index >= 15 is 0 Å². The number of benzene rings is 2. The van der Waals surface area contributed by atoms with Crippen molar-refractivity contribution in [2.75, 3.05) is 0 Å². The molecule has 0 bridgehead atoms. The maximum atomic E-state index is 3.53. The Morgan fingerprint density at radius 2 is 1.56 bits per heavy atom. The van der Waals surface area contributed by atoms with E-state index in [2.05, 4.69) is 71.4 Å². The maximum Gasteiger partial charge on any atom is 0.0247 e. The normalized spacial score (nSPS) is 10.9. The summed E-state index contributed by atoms with van der Waals surface area (Å²) in [4.78, 5) is 0. The summed E-state index contributed by atoms with van der Waals surface area (Å²) in [6.07, 6.45) is 4.24. The number of rotatable bonds is 2. The summed E-state index contributed by atoms with van der Waals surface area (Å²) >= 11 is 3.53. The van der Waals surface area contributed by atoms with Crippen LogP contribution in [0.25, 0.3) is 12.2 Å². The Bertz CT molecular complexity index is 495. The standard InChI is InChI=1S/C15H13Br/c1-12-6-8-13(9-7-12)10-11-14-4-2-3-5-15(14)16/h2-11H,1H3/b11-10+. The molecule has 0 fully saturated rings. The third-order valence-corrected chi connectivity index (χ3v) is 3.16. The molecule has 0 aliphatic carbocycles. The molecule has 0 aliphatic rings. The summed E-state index contributed by atoms with van der Waals surface area (Å²) in [6, 6.07) is 16.7.